The van der Waals surface area contributed by atoms with Crippen LogP contribution in [0.2, 0.25) is 0 Å². The molecular weight excluding hydrogens is 371 g/mol. The monoisotopic (exact) mass is 392 g/mol. The number of carbonyl (C=O) groups is 2. The molecule has 1 heterocycles. The van der Waals surface area contributed by atoms with Gasteiger partial charge in [-0.2, -0.15) is 5.26 Å². The molecule has 1 fully saturated rings. The molecule has 7 heteroatoms. The van der Waals surface area contributed by atoms with Crippen molar-refractivity contribution in [1.82, 2.24) is 4.90 Å². The summed E-state index contributed by atoms with van der Waals surface area (Å²) in [6.45, 7) is 4.12. The first kappa shape index (κ1) is 20.1. The Balaban J connectivity index is 1.62. The van der Waals surface area contributed by atoms with Crippen LogP contribution in [0.1, 0.15) is 17.3 Å². The number of benzene rings is 2. The van der Waals surface area contributed by atoms with E-state index in [0.717, 1.165) is 5.69 Å². The smallest absolute Gasteiger partial charge is 0.267 e. The van der Waals surface area contributed by atoms with Gasteiger partial charge in [0.15, 0.2) is 5.78 Å². The van der Waals surface area contributed by atoms with Gasteiger partial charge in [0.25, 0.3) is 5.91 Å². The van der Waals surface area contributed by atoms with Gasteiger partial charge in [0.1, 0.15) is 17.5 Å². The minimum absolute atomic E-state index is 0.00606. The number of hydrogen-bond donors (Lipinski definition) is 1. The first-order chi connectivity index (χ1) is 14.0. The van der Waals surface area contributed by atoms with Crippen LogP contribution in [0.4, 0.5) is 15.8 Å². The molecule has 0 aromatic heterocycles. The third-order valence-electron chi connectivity index (χ3n) is 4.71. The number of hydrogen-bond acceptors (Lipinski definition) is 5. The number of nitrogens with zero attached hydrogens (tertiary/aromatic N) is 3. The van der Waals surface area contributed by atoms with E-state index in [-0.39, 0.29) is 17.2 Å². The Morgan fingerprint density at radius 3 is 2.41 bits per heavy atom. The van der Waals surface area contributed by atoms with E-state index in [1.165, 1.54) is 19.1 Å². The second-order valence-corrected chi connectivity index (χ2v) is 6.75. The van der Waals surface area contributed by atoms with Crippen LogP contribution >= 0.6 is 0 Å². The van der Waals surface area contributed by atoms with Gasteiger partial charge >= 0.3 is 0 Å². The lowest BCUT2D eigenvalue weighted by molar-refractivity contribution is -0.112. The Labute approximate surface area is 168 Å². The van der Waals surface area contributed by atoms with Crippen LogP contribution in [0.5, 0.6) is 0 Å². The quantitative estimate of drug-likeness (QED) is 0.480. The van der Waals surface area contributed by atoms with E-state index >= 15 is 0 Å². The lowest BCUT2D eigenvalue weighted by atomic mass is 10.1. The van der Waals surface area contributed by atoms with Gasteiger partial charge in [0, 0.05) is 49.3 Å². The van der Waals surface area contributed by atoms with E-state index in [1.807, 2.05) is 11.0 Å². The number of piperazine rings is 1. The molecular formula is C22H21FN4O2. The first-order valence-electron chi connectivity index (χ1n) is 9.25. The molecule has 3 rings (SSSR count). The standard InChI is InChI=1S/C22H21FN4O2/c1-16(28)17-3-2-4-20(13-17)25-22(29)18(14-24)15-26-9-11-27(12-10-26)21-7-5-19(23)6-8-21/h2-8,13,15H,9-12H2,1H3,(H,25,29)/b18-15-. The molecule has 6 nitrogen and oxygen atoms in total. The van der Waals surface area contributed by atoms with Gasteiger partial charge in [-0.05, 0) is 43.3 Å². The fourth-order valence-electron chi connectivity index (χ4n) is 3.10. The van der Waals surface area contributed by atoms with Crippen molar-refractivity contribution in [1.29, 1.82) is 5.26 Å². The van der Waals surface area contributed by atoms with Crippen LogP contribution in [-0.2, 0) is 4.79 Å². The van der Waals surface area contributed by atoms with E-state index < -0.39 is 5.91 Å². The van der Waals surface area contributed by atoms with Crippen LogP contribution in [-0.4, -0.2) is 42.8 Å². The van der Waals surface area contributed by atoms with Crippen LogP contribution in [0.25, 0.3) is 0 Å². The van der Waals surface area contributed by atoms with E-state index in [2.05, 4.69) is 10.2 Å². The molecule has 0 aliphatic carbocycles. The van der Waals surface area contributed by atoms with Crippen molar-refractivity contribution in [2.24, 2.45) is 0 Å². The average Bonchev–Trinajstić information content (AvgIpc) is 2.73. The fraction of sp³-hybridized carbons (Fsp3) is 0.227. The number of nitriles is 1. The fourth-order valence-corrected chi connectivity index (χ4v) is 3.10. The molecule has 0 atom stereocenters. The summed E-state index contributed by atoms with van der Waals surface area (Å²) in [6.07, 6.45) is 1.56. The first-order valence-corrected chi connectivity index (χ1v) is 9.25. The van der Waals surface area contributed by atoms with Gasteiger partial charge in [-0.3, -0.25) is 9.59 Å². The topological polar surface area (TPSA) is 76.4 Å². The predicted molar refractivity (Wildman–Crippen MR) is 109 cm³/mol. The molecule has 1 aliphatic heterocycles. The Bertz CT molecular complexity index is 971. The minimum Gasteiger partial charge on any atom is -0.373 e. The highest BCUT2D eigenvalue weighted by Crippen LogP contribution is 2.18. The Hall–Kier alpha value is -3.66. The maximum atomic E-state index is 13.1. The van der Waals surface area contributed by atoms with Crippen molar-refractivity contribution in [3.8, 4) is 6.07 Å². The van der Waals surface area contributed by atoms with Crippen LogP contribution in [0.3, 0.4) is 0 Å². The molecule has 1 N–H and O–H groups in total. The van der Waals surface area contributed by atoms with Crippen molar-refractivity contribution >= 4 is 23.1 Å². The van der Waals surface area contributed by atoms with Crippen molar-refractivity contribution in [2.45, 2.75) is 6.92 Å². The summed E-state index contributed by atoms with van der Waals surface area (Å²) >= 11 is 0. The van der Waals surface area contributed by atoms with Gasteiger partial charge < -0.3 is 15.1 Å². The second-order valence-electron chi connectivity index (χ2n) is 6.75. The van der Waals surface area contributed by atoms with Gasteiger partial charge in [-0.25, -0.2) is 4.39 Å². The lowest BCUT2D eigenvalue weighted by Crippen LogP contribution is -2.44. The largest absolute Gasteiger partial charge is 0.373 e. The van der Waals surface area contributed by atoms with Crippen molar-refractivity contribution in [2.75, 3.05) is 36.4 Å². The lowest BCUT2D eigenvalue weighted by Gasteiger charge is -2.35. The normalized spacial score (nSPS) is 14.3. The summed E-state index contributed by atoms with van der Waals surface area (Å²) in [7, 11) is 0. The summed E-state index contributed by atoms with van der Waals surface area (Å²) in [6, 6.07) is 14.9. The van der Waals surface area contributed by atoms with Gasteiger partial charge in [0.05, 0.1) is 0 Å². The molecule has 0 saturated carbocycles. The van der Waals surface area contributed by atoms with Crippen LogP contribution in [0.15, 0.2) is 60.3 Å². The number of Topliss-reactive ketones (excluding diaryl/α,β-unsaturated/α-hetero) is 1. The third-order valence-corrected chi connectivity index (χ3v) is 4.71. The Kier molecular flexibility index (Phi) is 6.25. The minimum atomic E-state index is -0.519. The molecule has 2 aromatic rings. The number of halogens is 1. The maximum Gasteiger partial charge on any atom is 0.267 e. The number of anilines is 2. The number of rotatable bonds is 5. The van der Waals surface area contributed by atoms with Gasteiger partial charge in [-0.1, -0.05) is 12.1 Å². The summed E-state index contributed by atoms with van der Waals surface area (Å²) in [5, 5.41) is 12.1. The summed E-state index contributed by atoms with van der Waals surface area (Å²) in [5.41, 5.74) is 1.89. The summed E-state index contributed by atoms with van der Waals surface area (Å²) in [4.78, 5) is 28.0. The number of carbonyl (C=O) groups excluding carboxylic acids is 2. The zero-order valence-electron chi connectivity index (χ0n) is 16.1. The predicted octanol–water partition coefficient (Wildman–Crippen LogP) is 3.20. The highest BCUT2D eigenvalue weighted by Gasteiger charge is 2.18. The second kappa shape index (κ2) is 9.02. The maximum absolute atomic E-state index is 13.1. The Morgan fingerprint density at radius 2 is 1.79 bits per heavy atom. The van der Waals surface area contributed by atoms with E-state index in [4.69, 9.17) is 0 Å². The SMILES string of the molecule is CC(=O)c1cccc(NC(=O)/C(C#N)=C\N2CCN(c3ccc(F)cc3)CC2)c1. The van der Waals surface area contributed by atoms with Crippen molar-refractivity contribution in [3.05, 3.63) is 71.7 Å². The zero-order chi connectivity index (χ0) is 20.8. The Morgan fingerprint density at radius 1 is 1.10 bits per heavy atom. The van der Waals surface area contributed by atoms with E-state index in [1.54, 1.807) is 42.6 Å². The van der Waals surface area contributed by atoms with Gasteiger partial charge in [-0.15, -0.1) is 0 Å². The molecule has 29 heavy (non-hydrogen) atoms. The molecule has 148 valence electrons. The number of nitrogens with one attached hydrogen (secondary N) is 1. The highest BCUT2D eigenvalue weighted by atomic mass is 19.1. The summed E-state index contributed by atoms with van der Waals surface area (Å²) in [5.74, 6) is -0.890. The molecule has 1 saturated heterocycles. The molecule has 0 spiro atoms. The molecule has 0 bridgehead atoms. The van der Waals surface area contributed by atoms with Crippen molar-refractivity contribution < 1.29 is 14.0 Å². The highest BCUT2D eigenvalue weighted by molar-refractivity contribution is 6.07. The van der Waals surface area contributed by atoms with E-state index in [9.17, 15) is 19.2 Å². The molecule has 0 unspecified atom stereocenters. The summed E-state index contributed by atoms with van der Waals surface area (Å²) < 4.78 is 13.1. The third kappa shape index (κ3) is 5.20. The van der Waals surface area contributed by atoms with Crippen molar-refractivity contribution in [3.63, 3.8) is 0 Å². The average molecular weight is 392 g/mol. The zero-order valence-corrected chi connectivity index (χ0v) is 16.1. The molecule has 1 amide bonds. The van der Waals surface area contributed by atoms with Gasteiger partial charge in [0.2, 0.25) is 0 Å². The van der Waals surface area contributed by atoms with Crippen LogP contribution < -0.4 is 10.2 Å². The molecule has 2 aromatic carbocycles. The number of amides is 1. The van der Waals surface area contributed by atoms with E-state index in [0.29, 0.717) is 37.4 Å². The molecule has 0 radical (unpaired) electrons. The molecule has 1 aliphatic rings. The number of ketones is 1. The van der Waals surface area contributed by atoms with Crippen LogP contribution in [0, 0.1) is 17.1 Å².